The van der Waals surface area contributed by atoms with Crippen molar-refractivity contribution in [3.8, 4) is 17.0 Å². The third-order valence-corrected chi connectivity index (χ3v) is 6.18. The number of hydrogen-bond donors (Lipinski definition) is 0. The molecule has 180 valence electrons. The normalized spacial score (nSPS) is 14.9. The molecule has 3 heterocycles. The van der Waals surface area contributed by atoms with Gasteiger partial charge in [0.2, 0.25) is 0 Å². The third-order valence-electron chi connectivity index (χ3n) is 6.18. The van der Waals surface area contributed by atoms with E-state index in [1.807, 2.05) is 30.3 Å². The van der Waals surface area contributed by atoms with E-state index in [9.17, 15) is 9.59 Å². The van der Waals surface area contributed by atoms with Crippen LogP contribution in [0.3, 0.4) is 0 Å². The first-order valence-electron chi connectivity index (χ1n) is 11.7. The predicted octanol–water partition coefficient (Wildman–Crippen LogP) is 4.12. The Hall–Kier alpha value is -3.42. The second kappa shape index (κ2) is 9.44. The number of likely N-dealkylation sites (tertiary alicyclic amines) is 1. The van der Waals surface area contributed by atoms with Gasteiger partial charge in [-0.05, 0) is 38.0 Å². The number of esters is 1. The fourth-order valence-corrected chi connectivity index (χ4v) is 4.18. The van der Waals surface area contributed by atoms with Crippen molar-refractivity contribution in [2.75, 3.05) is 26.8 Å². The lowest BCUT2D eigenvalue weighted by atomic mass is 9.93. The quantitative estimate of drug-likeness (QED) is 0.528. The SMILES string of the molecule is CCOC(=O)C1CCN(C(=O)c2cc(-c3cccc(OC)c3)n3nc(C(C)(C)C)cc3n2)CC1. The Balaban J connectivity index is 1.70. The van der Waals surface area contributed by atoms with Crippen LogP contribution in [0.4, 0.5) is 0 Å². The van der Waals surface area contributed by atoms with Crippen molar-refractivity contribution < 1.29 is 19.1 Å². The van der Waals surface area contributed by atoms with Crippen LogP contribution in [0.2, 0.25) is 0 Å². The summed E-state index contributed by atoms with van der Waals surface area (Å²) in [6.45, 7) is 9.46. The summed E-state index contributed by atoms with van der Waals surface area (Å²) >= 11 is 0. The average Bonchev–Trinajstić information content (AvgIpc) is 3.28. The van der Waals surface area contributed by atoms with E-state index in [0.29, 0.717) is 43.9 Å². The lowest BCUT2D eigenvalue weighted by Gasteiger charge is -2.30. The fourth-order valence-electron chi connectivity index (χ4n) is 4.18. The molecule has 34 heavy (non-hydrogen) atoms. The summed E-state index contributed by atoms with van der Waals surface area (Å²) in [6, 6.07) is 11.4. The lowest BCUT2D eigenvalue weighted by molar-refractivity contribution is -0.149. The van der Waals surface area contributed by atoms with Crippen molar-refractivity contribution in [3.63, 3.8) is 0 Å². The van der Waals surface area contributed by atoms with E-state index in [0.717, 1.165) is 22.7 Å². The number of amides is 1. The number of aromatic nitrogens is 3. The van der Waals surface area contributed by atoms with E-state index in [2.05, 4.69) is 25.8 Å². The number of benzene rings is 1. The molecule has 0 spiro atoms. The maximum atomic E-state index is 13.4. The van der Waals surface area contributed by atoms with Gasteiger partial charge < -0.3 is 14.4 Å². The standard InChI is InChI=1S/C26H32N4O4/c1-6-34-25(32)17-10-12-29(13-11-17)24(31)20-15-21(18-8-7-9-19(14-18)33-5)30-23(27-20)16-22(28-30)26(2,3)4/h7-9,14-17H,6,10-13H2,1-5H3. The predicted molar refractivity (Wildman–Crippen MR) is 129 cm³/mol. The van der Waals surface area contributed by atoms with Gasteiger partial charge in [-0.15, -0.1) is 0 Å². The van der Waals surface area contributed by atoms with Crippen LogP contribution in [0.25, 0.3) is 16.9 Å². The first-order valence-corrected chi connectivity index (χ1v) is 11.7. The van der Waals surface area contributed by atoms with E-state index in [-0.39, 0.29) is 23.2 Å². The van der Waals surface area contributed by atoms with Crippen molar-refractivity contribution >= 4 is 17.5 Å². The number of nitrogens with zero attached hydrogens (tertiary/aromatic N) is 4. The minimum atomic E-state index is -0.177. The molecule has 1 amide bonds. The van der Waals surface area contributed by atoms with E-state index < -0.39 is 0 Å². The van der Waals surface area contributed by atoms with Crippen molar-refractivity contribution in [2.45, 2.75) is 46.0 Å². The van der Waals surface area contributed by atoms with E-state index >= 15 is 0 Å². The van der Waals surface area contributed by atoms with Crippen LogP contribution in [0, 0.1) is 5.92 Å². The molecule has 0 radical (unpaired) electrons. The van der Waals surface area contributed by atoms with Gasteiger partial charge in [-0.2, -0.15) is 5.10 Å². The monoisotopic (exact) mass is 464 g/mol. The summed E-state index contributed by atoms with van der Waals surface area (Å²) in [5.41, 5.74) is 3.35. The molecule has 1 aliphatic rings. The number of methoxy groups -OCH3 is 1. The van der Waals surface area contributed by atoms with Crippen molar-refractivity contribution in [2.24, 2.45) is 5.92 Å². The molecule has 3 aromatic rings. The highest BCUT2D eigenvalue weighted by Crippen LogP contribution is 2.29. The molecule has 2 aromatic heterocycles. The molecule has 0 N–H and O–H groups in total. The highest BCUT2D eigenvalue weighted by molar-refractivity contribution is 5.94. The van der Waals surface area contributed by atoms with Crippen LogP contribution in [0.1, 0.15) is 56.7 Å². The molecule has 0 unspecified atom stereocenters. The Bertz CT molecular complexity index is 1200. The maximum absolute atomic E-state index is 13.4. The highest BCUT2D eigenvalue weighted by Gasteiger charge is 2.30. The zero-order valence-electron chi connectivity index (χ0n) is 20.5. The third kappa shape index (κ3) is 4.76. The van der Waals surface area contributed by atoms with E-state index in [4.69, 9.17) is 14.6 Å². The number of ether oxygens (including phenoxy) is 2. The van der Waals surface area contributed by atoms with Crippen LogP contribution in [-0.4, -0.2) is 58.2 Å². The molecule has 1 fully saturated rings. The van der Waals surface area contributed by atoms with Gasteiger partial charge in [0.05, 0.1) is 31.0 Å². The van der Waals surface area contributed by atoms with Gasteiger partial charge in [0.15, 0.2) is 5.65 Å². The smallest absolute Gasteiger partial charge is 0.309 e. The largest absolute Gasteiger partial charge is 0.497 e. The molecule has 1 saturated heterocycles. The summed E-state index contributed by atoms with van der Waals surface area (Å²) in [4.78, 5) is 32.0. The summed E-state index contributed by atoms with van der Waals surface area (Å²) in [7, 11) is 1.63. The Morgan fingerprint density at radius 3 is 2.50 bits per heavy atom. The van der Waals surface area contributed by atoms with Gasteiger partial charge in [-0.25, -0.2) is 9.50 Å². The molecule has 4 rings (SSSR count). The second-order valence-corrected chi connectivity index (χ2v) is 9.63. The Kier molecular flexibility index (Phi) is 6.59. The molecular weight excluding hydrogens is 432 g/mol. The topological polar surface area (TPSA) is 86.0 Å². The lowest BCUT2D eigenvalue weighted by Crippen LogP contribution is -2.41. The highest BCUT2D eigenvalue weighted by atomic mass is 16.5. The number of hydrogen-bond acceptors (Lipinski definition) is 6. The molecule has 0 bridgehead atoms. The number of carbonyl (C=O) groups is 2. The minimum Gasteiger partial charge on any atom is -0.497 e. The molecule has 0 atom stereocenters. The van der Waals surface area contributed by atoms with Crippen LogP contribution in [0.15, 0.2) is 36.4 Å². The van der Waals surface area contributed by atoms with Gasteiger partial charge >= 0.3 is 5.97 Å². The van der Waals surface area contributed by atoms with Gasteiger partial charge in [0.1, 0.15) is 11.4 Å². The Morgan fingerprint density at radius 1 is 1.12 bits per heavy atom. The number of fused-ring (bicyclic) bond motifs is 1. The van der Waals surface area contributed by atoms with Crippen LogP contribution < -0.4 is 4.74 Å². The van der Waals surface area contributed by atoms with Crippen LogP contribution in [0.5, 0.6) is 5.75 Å². The zero-order chi connectivity index (χ0) is 24.5. The number of piperidine rings is 1. The molecular formula is C26H32N4O4. The number of rotatable bonds is 5. The summed E-state index contributed by atoms with van der Waals surface area (Å²) in [6.07, 6.45) is 1.19. The molecule has 1 aliphatic heterocycles. The Labute approximate surface area is 199 Å². The van der Waals surface area contributed by atoms with Crippen molar-refractivity contribution in [3.05, 3.63) is 47.8 Å². The van der Waals surface area contributed by atoms with Gasteiger partial charge in [-0.1, -0.05) is 32.9 Å². The van der Waals surface area contributed by atoms with Gasteiger partial charge in [0.25, 0.3) is 5.91 Å². The van der Waals surface area contributed by atoms with Crippen LogP contribution >= 0.6 is 0 Å². The average molecular weight is 465 g/mol. The zero-order valence-corrected chi connectivity index (χ0v) is 20.5. The molecule has 0 aliphatic carbocycles. The second-order valence-electron chi connectivity index (χ2n) is 9.63. The summed E-state index contributed by atoms with van der Waals surface area (Å²) in [5, 5.41) is 4.81. The number of carbonyl (C=O) groups excluding carboxylic acids is 2. The Morgan fingerprint density at radius 2 is 1.85 bits per heavy atom. The molecule has 8 heteroatoms. The fraction of sp³-hybridized carbons (Fsp3) is 0.462. The van der Waals surface area contributed by atoms with E-state index in [1.165, 1.54) is 0 Å². The molecule has 0 saturated carbocycles. The van der Waals surface area contributed by atoms with Gasteiger partial charge in [-0.3, -0.25) is 9.59 Å². The minimum absolute atomic E-state index is 0.146. The van der Waals surface area contributed by atoms with Crippen molar-refractivity contribution in [1.82, 2.24) is 19.5 Å². The summed E-state index contributed by atoms with van der Waals surface area (Å²) in [5.74, 6) is 0.242. The van der Waals surface area contributed by atoms with E-state index in [1.54, 1.807) is 29.5 Å². The molecule has 1 aromatic carbocycles. The summed E-state index contributed by atoms with van der Waals surface area (Å²) < 4.78 is 12.3. The first kappa shape index (κ1) is 23.7. The molecule has 8 nitrogen and oxygen atoms in total. The first-order chi connectivity index (χ1) is 16.2. The maximum Gasteiger partial charge on any atom is 0.309 e. The van der Waals surface area contributed by atoms with Crippen molar-refractivity contribution in [1.29, 1.82) is 0 Å². The van der Waals surface area contributed by atoms with Gasteiger partial charge in [0, 0.05) is 30.1 Å². The van der Waals surface area contributed by atoms with Crippen LogP contribution in [-0.2, 0) is 14.9 Å².